The van der Waals surface area contributed by atoms with Crippen LogP contribution in [0.1, 0.15) is 16.8 Å². The van der Waals surface area contributed by atoms with E-state index in [0.717, 1.165) is 10.9 Å². The van der Waals surface area contributed by atoms with Crippen LogP contribution in [0.25, 0.3) is 10.9 Å². The Morgan fingerprint density at radius 3 is 3.05 bits per heavy atom. The Kier molecular flexibility index (Phi) is 4.15. The first-order valence-electron chi connectivity index (χ1n) is 7.37. The molecule has 3 rings (SSSR count). The summed E-state index contributed by atoms with van der Waals surface area (Å²) >= 11 is 0. The van der Waals surface area contributed by atoms with Crippen LogP contribution in [0.3, 0.4) is 0 Å². The van der Waals surface area contributed by atoms with E-state index in [1.54, 1.807) is 6.07 Å². The minimum absolute atomic E-state index is 0.223. The molecule has 1 fully saturated rings. The van der Waals surface area contributed by atoms with E-state index in [0.29, 0.717) is 18.6 Å². The SMILES string of the molecule is Cn1ccc2c(C(=O)N[C@H]3CCO[C@H](CO)[C@H]3O)cccc21. The number of aliphatic hydroxyl groups is 2. The highest BCUT2D eigenvalue weighted by atomic mass is 16.5. The number of benzene rings is 1. The van der Waals surface area contributed by atoms with Gasteiger partial charge in [0, 0.05) is 36.3 Å². The molecule has 6 nitrogen and oxygen atoms in total. The third kappa shape index (κ3) is 2.61. The maximum absolute atomic E-state index is 12.5. The van der Waals surface area contributed by atoms with Gasteiger partial charge in [0.2, 0.25) is 0 Å². The first-order chi connectivity index (χ1) is 10.6. The molecule has 22 heavy (non-hydrogen) atoms. The number of carbonyl (C=O) groups excluding carboxylic acids is 1. The molecule has 1 saturated heterocycles. The molecule has 2 aromatic rings. The molecule has 1 aliphatic rings. The van der Waals surface area contributed by atoms with Crippen LogP contribution in [0.4, 0.5) is 0 Å². The van der Waals surface area contributed by atoms with Crippen molar-refractivity contribution in [1.82, 2.24) is 9.88 Å². The molecule has 0 unspecified atom stereocenters. The molecule has 1 aliphatic heterocycles. The van der Waals surface area contributed by atoms with Crippen LogP contribution in [0.15, 0.2) is 30.5 Å². The summed E-state index contributed by atoms with van der Waals surface area (Å²) in [6.45, 7) is 0.143. The van der Waals surface area contributed by atoms with E-state index in [1.807, 2.05) is 36.0 Å². The van der Waals surface area contributed by atoms with E-state index in [9.17, 15) is 15.0 Å². The molecule has 0 saturated carbocycles. The average Bonchev–Trinajstić information content (AvgIpc) is 2.91. The molecule has 0 bridgehead atoms. The third-order valence-corrected chi connectivity index (χ3v) is 4.22. The van der Waals surface area contributed by atoms with Gasteiger partial charge in [-0.15, -0.1) is 0 Å². The number of nitrogens with zero attached hydrogens (tertiary/aromatic N) is 1. The van der Waals surface area contributed by atoms with Gasteiger partial charge in [-0.25, -0.2) is 0 Å². The number of amides is 1. The zero-order chi connectivity index (χ0) is 15.7. The van der Waals surface area contributed by atoms with Gasteiger partial charge in [-0.05, 0) is 24.6 Å². The number of aliphatic hydroxyl groups excluding tert-OH is 2. The van der Waals surface area contributed by atoms with Crippen LogP contribution in [0, 0.1) is 0 Å². The summed E-state index contributed by atoms with van der Waals surface area (Å²) in [4.78, 5) is 12.5. The number of hydrogen-bond donors (Lipinski definition) is 3. The Bertz CT molecular complexity index is 682. The summed E-state index contributed by atoms with van der Waals surface area (Å²) in [7, 11) is 1.93. The molecular weight excluding hydrogens is 284 g/mol. The van der Waals surface area contributed by atoms with Gasteiger partial charge in [0.1, 0.15) is 12.2 Å². The summed E-state index contributed by atoms with van der Waals surface area (Å²) in [6.07, 6.45) is 0.880. The fourth-order valence-electron chi connectivity index (χ4n) is 2.94. The summed E-state index contributed by atoms with van der Waals surface area (Å²) in [6, 6.07) is 7.05. The second-order valence-corrected chi connectivity index (χ2v) is 5.62. The average molecular weight is 304 g/mol. The zero-order valence-corrected chi connectivity index (χ0v) is 12.4. The van der Waals surface area contributed by atoms with E-state index in [-0.39, 0.29) is 12.5 Å². The second-order valence-electron chi connectivity index (χ2n) is 5.62. The Hall–Kier alpha value is -1.89. The maximum atomic E-state index is 12.5. The second kappa shape index (κ2) is 6.08. The molecular formula is C16H20N2O4. The molecule has 1 aromatic heterocycles. The van der Waals surface area contributed by atoms with Gasteiger partial charge < -0.3 is 24.8 Å². The van der Waals surface area contributed by atoms with Crippen molar-refractivity contribution in [2.75, 3.05) is 13.2 Å². The highest BCUT2D eigenvalue weighted by molar-refractivity contribution is 6.06. The molecule has 0 aliphatic carbocycles. The van der Waals surface area contributed by atoms with Crippen molar-refractivity contribution in [2.45, 2.75) is 24.7 Å². The van der Waals surface area contributed by atoms with E-state index >= 15 is 0 Å². The molecule has 1 amide bonds. The van der Waals surface area contributed by atoms with Gasteiger partial charge in [0.25, 0.3) is 5.91 Å². The number of rotatable bonds is 3. The Labute approximate surface area is 128 Å². The van der Waals surface area contributed by atoms with E-state index in [2.05, 4.69) is 5.32 Å². The number of carbonyl (C=O) groups is 1. The highest BCUT2D eigenvalue weighted by Crippen LogP contribution is 2.21. The minimum Gasteiger partial charge on any atom is -0.394 e. The smallest absolute Gasteiger partial charge is 0.252 e. The van der Waals surface area contributed by atoms with Crippen molar-refractivity contribution in [3.63, 3.8) is 0 Å². The Morgan fingerprint density at radius 2 is 2.27 bits per heavy atom. The largest absolute Gasteiger partial charge is 0.394 e. The van der Waals surface area contributed by atoms with Crippen molar-refractivity contribution < 1.29 is 19.7 Å². The lowest BCUT2D eigenvalue weighted by Crippen LogP contribution is -2.54. The predicted octanol–water partition coefficient (Wildman–Crippen LogP) is 0.419. The molecule has 0 radical (unpaired) electrons. The number of hydrogen-bond acceptors (Lipinski definition) is 4. The normalized spacial score (nSPS) is 25.3. The van der Waals surface area contributed by atoms with Crippen LogP contribution in [0.5, 0.6) is 0 Å². The van der Waals surface area contributed by atoms with Gasteiger partial charge in [-0.3, -0.25) is 4.79 Å². The monoisotopic (exact) mass is 304 g/mol. The standard InChI is InChI=1S/C16H20N2O4/c1-18-7-5-10-11(3-2-4-13(10)18)16(21)17-12-6-8-22-14(9-19)15(12)20/h2-5,7,12,14-15,19-20H,6,8-9H2,1H3,(H,17,21)/t12-,14+,15-/m0/s1. The van der Waals surface area contributed by atoms with Crippen molar-refractivity contribution in [3.05, 3.63) is 36.0 Å². The van der Waals surface area contributed by atoms with Gasteiger partial charge in [0.05, 0.1) is 12.6 Å². The lowest BCUT2D eigenvalue weighted by atomic mass is 9.99. The molecule has 1 aromatic carbocycles. The molecule has 3 N–H and O–H groups in total. The van der Waals surface area contributed by atoms with E-state index in [1.165, 1.54) is 0 Å². The van der Waals surface area contributed by atoms with Crippen molar-refractivity contribution in [1.29, 1.82) is 0 Å². The van der Waals surface area contributed by atoms with Gasteiger partial charge >= 0.3 is 0 Å². The van der Waals surface area contributed by atoms with Crippen LogP contribution < -0.4 is 5.32 Å². The van der Waals surface area contributed by atoms with Crippen LogP contribution in [-0.2, 0) is 11.8 Å². The number of ether oxygens (including phenoxy) is 1. The Morgan fingerprint density at radius 1 is 1.45 bits per heavy atom. The summed E-state index contributed by atoms with van der Waals surface area (Å²) < 4.78 is 7.23. The Balaban J connectivity index is 1.81. The van der Waals surface area contributed by atoms with Crippen molar-refractivity contribution in [2.24, 2.45) is 7.05 Å². The predicted molar refractivity (Wildman–Crippen MR) is 81.6 cm³/mol. The summed E-state index contributed by atoms with van der Waals surface area (Å²) in [5.74, 6) is -0.223. The lowest BCUT2D eigenvalue weighted by Gasteiger charge is -2.34. The molecule has 0 spiro atoms. The van der Waals surface area contributed by atoms with Crippen molar-refractivity contribution >= 4 is 16.8 Å². The van der Waals surface area contributed by atoms with E-state index in [4.69, 9.17) is 4.74 Å². The quantitative estimate of drug-likeness (QED) is 0.767. The van der Waals surface area contributed by atoms with Crippen molar-refractivity contribution in [3.8, 4) is 0 Å². The van der Waals surface area contributed by atoms with Gasteiger partial charge in [-0.1, -0.05) is 6.07 Å². The fourth-order valence-corrected chi connectivity index (χ4v) is 2.94. The number of aromatic nitrogens is 1. The minimum atomic E-state index is -0.905. The lowest BCUT2D eigenvalue weighted by molar-refractivity contribution is -0.107. The summed E-state index contributed by atoms with van der Waals surface area (Å²) in [5.41, 5.74) is 1.56. The molecule has 3 atom stereocenters. The van der Waals surface area contributed by atoms with Gasteiger partial charge in [-0.2, -0.15) is 0 Å². The zero-order valence-electron chi connectivity index (χ0n) is 12.4. The first kappa shape index (κ1) is 15.0. The van der Waals surface area contributed by atoms with Crippen LogP contribution in [-0.4, -0.2) is 52.2 Å². The number of nitrogens with one attached hydrogen (secondary N) is 1. The van der Waals surface area contributed by atoms with E-state index < -0.39 is 18.2 Å². The molecule has 6 heteroatoms. The number of fused-ring (bicyclic) bond motifs is 1. The summed E-state index contributed by atoms with van der Waals surface area (Å²) in [5, 5.41) is 23.1. The van der Waals surface area contributed by atoms with Crippen LogP contribution >= 0.6 is 0 Å². The van der Waals surface area contributed by atoms with Gasteiger partial charge in [0.15, 0.2) is 0 Å². The van der Waals surface area contributed by atoms with Crippen LogP contribution in [0.2, 0.25) is 0 Å². The fraction of sp³-hybridized carbons (Fsp3) is 0.438. The number of aryl methyl sites for hydroxylation is 1. The highest BCUT2D eigenvalue weighted by Gasteiger charge is 2.33. The first-order valence-corrected chi connectivity index (χ1v) is 7.37. The molecule has 118 valence electrons. The third-order valence-electron chi connectivity index (χ3n) is 4.22. The maximum Gasteiger partial charge on any atom is 0.252 e. The molecule has 2 heterocycles. The topological polar surface area (TPSA) is 83.7 Å².